The fourth-order valence-corrected chi connectivity index (χ4v) is 10.1. The van der Waals surface area contributed by atoms with Crippen molar-refractivity contribution in [2.45, 2.75) is 241 Å². The molecule has 354 valence electrons. The van der Waals surface area contributed by atoms with E-state index in [1.165, 1.54) is 161 Å². The van der Waals surface area contributed by atoms with Gasteiger partial charge in [-0.25, -0.2) is 0 Å². The molecule has 6 nitrogen and oxygen atoms in total. The van der Waals surface area contributed by atoms with E-state index in [4.69, 9.17) is 0 Å². The van der Waals surface area contributed by atoms with Crippen LogP contribution in [-0.2, 0) is 0 Å². The van der Waals surface area contributed by atoms with Gasteiger partial charge in [-0.2, -0.15) is 0 Å². The van der Waals surface area contributed by atoms with Gasteiger partial charge in [0.2, 0.25) is 0 Å². The summed E-state index contributed by atoms with van der Waals surface area (Å²) in [6.07, 6.45) is 26.0. The van der Waals surface area contributed by atoms with Crippen molar-refractivity contribution in [3.05, 3.63) is 0 Å². The average Bonchev–Trinajstić information content (AvgIpc) is 3.19. The van der Waals surface area contributed by atoms with Gasteiger partial charge in [0, 0.05) is 36.3 Å². The quantitative estimate of drug-likeness (QED) is 0.114. The standard InChI is InChI=1S/C20H42N2.C18H38N2.C15H32N2/c1-19(2,3)13-15-21(7)17-11-9-10-12-18(17)22(8)16-14-20(4,5)6;1-15(2)11-13-19(5)17-9-7-8-10-18(17)20(6)14-12-16(3)4;1-5-7-13-17(4)15-11-9-8-10-14(15)16(3)12-6-2/h17-18H,9-16H2,1-8H3;15-18H,7-14H2,1-6H3;14-15H,5-13H2,1-4H3. The highest BCUT2D eigenvalue weighted by atomic mass is 15.2. The van der Waals surface area contributed by atoms with E-state index in [-0.39, 0.29) is 0 Å². The molecule has 6 unspecified atom stereocenters. The normalized spacial score (nSPS) is 24.7. The first kappa shape index (κ1) is 56.8. The largest absolute Gasteiger partial charge is 0.302 e. The Morgan fingerprint density at radius 2 is 0.627 bits per heavy atom. The van der Waals surface area contributed by atoms with Gasteiger partial charge >= 0.3 is 0 Å². The number of nitrogens with zero attached hydrogens (tertiary/aromatic N) is 6. The van der Waals surface area contributed by atoms with Gasteiger partial charge in [-0.15, -0.1) is 0 Å². The van der Waals surface area contributed by atoms with Gasteiger partial charge < -0.3 is 29.4 Å². The Balaban J connectivity index is 0.000000446. The molecule has 0 radical (unpaired) electrons. The first-order valence-electron chi connectivity index (χ1n) is 25.8. The molecular formula is C53H112N6. The van der Waals surface area contributed by atoms with Crippen molar-refractivity contribution in [3.8, 4) is 0 Å². The summed E-state index contributed by atoms with van der Waals surface area (Å²) in [5.74, 6) is 1.64. The van der Waals surface area contributed by atoms with Gasteiger partial charge in [-0.05, 0) is 181 Å². The number of rotatable bonds is 21. The third-order valence-electron chi connectivity index (χ3n) is 14.5. The Labute approximate surface area is 373 Å². The summed E-state index contributed by atoms with van der Waals surface area (Å²) in [5.41, 5.74) is 0.882. The van der Waals surface area contributed by atoms with Crippen molar-refractivity contribution in [1.29, 1.82) is 0 Å². The van der Waals surface area contributed by atoms with E-state index in [1.807, 2.05) is 0 Å². The highest BCUT2D eigenvalue weighted by Crippen LogP contribution is 2.30. The van der Waals surface area contributed by atoms with Crippen molar-refractivity contribution < 1.29 is 0 Å². The fraction of sp³-hybridized carbons (Fsp3) is 1.00. The van der Waals surface area contributed by atoms with E-state index in [1.54, 1.807) is 0 Å². The Bertz CT molecular complexity index is 943. The lowest BCUT2D eigenvalue weighted by Gasteiger charge is -2.43. The maximum atomic E-state index is 2.66. The number of unbranched alkanes of at least 4 members (excludes halogenated alkanes) is 1. The number of likely N-dealkylation sites (N-methyl/N-ethyl adjacent to an activating group) is 6. The number of hydrogen-bond acceptors (Lipinski definition) is 6. The van der Waals surface area contributed by atoms with E-state index in [0.717, 1.165) is 48.1 Å². The molecule has 3 aliphatic rings. The first-order valence-corrected chi connectivity index (χ1v) is 25.8. The summed E-state index contributed by atoms with van der Waals surface area (Å²) < 4.78 is 0. The monoisotopic (exact) mass is 833 g/mol. The van der Waals surface area contributed by atoms with Gasteiger partial charge in [-0.1, -0.05) is 128 Å². The fourth-order valence-electron chi connectivity index (χ4n) is 10.1. The topological polar surface area (TPSA) is 19.4 Å². The van der Waals surface area contributed by atoms with Gasteiger partial charge in [0.15, 0.2) is 0 Å². The van der Waals surface area contributed by atoms with Crippen molar-refractivity contribution in [3.63, 3.8) is 0 Å². The van der Waals surface area contributed by atoms with Crippen molar-refractivity contribution in [1.82, 2.24) is 29.4 Å². The van der Waals surface area contributed by atoms with E-state index in [2.05, 4.69) is 155 Å². The molecule has 3 saturated carbocycles. The molecule has 59 heavy (non-hydrogen) atoms. The maximum Gasteiger partial charge on any atom is 0.0248 e. The Kier molecular flexibility index (Phi) is 28.9. The van der Waals surface area contributed by atoms with Crippen molar-refractivity contribution in [2.24, 2.45) is 22.7 Å². The molecule has 3 aliphatic carbocycles. The maximum absolute atomic E-state index is 2.66. The third-order valence-corrected chi connectivity index (χ3v) is 14.5. The predicted molar refractivity (Wildman–Crippen MR) is 266 cm³/mol. The van der Waals surface area contributed by atoms with E-state index < -0.39 is 0 Å². The van der Waals surface area contributed by atoms with Crippen molar-refractivity contribution in [2.75, 3.05) is 81.6 Å². The number of hydrogen-bond donors (Lipinski definition) is 0. The highest BCUT2D eigenvalue weighted by molar-refractivity contribution is 4.91. The Hall–Kier alpha value is -0.240. The summed E-state index contributed by atoms with van der Waals surface area (Å²) in [7, 11) is 14.1. The summed E-state index contributed by atoms with van der Waals surface area (Å²) >= 11 is 0. The zero-order valence-corrected chi connectivity index (χ0v) is 44.0. The van der Waals surface area contributed by atoms with E-state index in [0.29, 0.717) is 10.8 Å². The average molecular weight is 834 g/mol. The van der Waals surface area contributed by atoms with Crippen LogP contribution in [0.4, 0.5) is 0 Å². The minimum atomic E-state index is 0.441. The SMILES string of the molecule is CC(C)CCN(C)C1CCCCC1N(C)CCC(C)C.CCCCN(C)C1CCCCC1N(C)CCC.CN(CCC(C)(C)C)C1CCCCC1N(C)CCC(C)(C)C. The second-order valence-corrected chi connectivity index (χ2v) is 23.5. The molecule has 0 aromatic rings. The van der Waals surface area contributed by atoms with Crippen LogP contribution in [0.5, 0.6) is 0 Å². The molecule has 0 N–H and O–H groups in total. The highest BCUT2D eigenvalue weighted by Gasteiger charge is 2.33. The van der Waals surface area contributed by atoms with Gasteiger partial charge in [0.05, 0.1) is 0 Å². The molecule has 6 heteroatoms. The van der Waals surface area contributed by atoms with Crippen LogP contribution in [0.1, 0.15) is 205 Å². The predicted octanol–water partition coefficient (Wildman–Crippen LogP) is 12.7. The van der Waals surface area contributed by atoms with Crippen LogP contribution in [0.15, 0.2) is 0 Å². The van der Waals surface area contributed by atoms with Crippen LogP contribution in [-0.4, -0.2) is 147 Å². The zero-order valence-electron chi connectivity index (χ0n) is 44.0. The van der Waals surface area contributed by atoms with E-state index in [9.17, 15) is 0 Å². The zero-order chi connectivity index (χ0) is 44.8. The molecule has 0 aliphatic heterocycles. The lowest BCUT2D eigenvalue weighted by Crippen LogP contribution is -2.52. The van der Waals surface area contributed by atoms with Crippen LogP contribution in [0.25, 0.3) is 0 Å². The van der Waals surface area contributed by atoms with Crippen LogP contribution in [0.3, 0.4) is 0 Å². The van der Waals surface area contributed by atoms with Crippen LogP contribution >= 0.6 is 0 Å². The first-order chi connectivity index (χ1) is 27.6. The van der Waals surface area contributed by atoms with Crippen LogP contribution in [0, 0.1) is 22.7 Å². The lowest BCUT2D eigenvalue weighted by atomic mass is 9.86. The Morgan fingerprint density at radius 1 is 0.373 bits per heavy atom. The van der Waals surface area contributed by atoms with Gasteiger partial charge in [-0.3, -0.25) is 0 Å². The summed E-state index contributed by atoms with van der Waals surface area (Å²) in [5, 5.41) is 0. The third kappa shape index (κ3) is 24.4. The second-order valence-electron chi connectivity index (χ2n) is 23.5. The molecule has 6 atom stereocenters. The molecule has 0 aromatic carbocycles. The van der Waals surface area contributed by atoms with Crippen LogP contribution in [0.2, 0.25) is 0 Å². The molecule has 0 saturated heterocycles. The minimum Gasteiger partial charge on any atom is -0.302 e. The molecule has 0 aromatic heterocycles. The Morgan fingerprint density at radius 3 is 0.864 bits per heavy atom. The molecule has 0 amide bonds. The van der Waals surface area contributed by atoms with Crippen molar-refractivity contribution >= 4 is 0 Å². The summed E-state index contributed by atoms with van der Waals surface area (Å²) in [4.78, 5) is 15.8. The van der Waals surface area contributed by atoms with Crippen LogP contribution < -0.4 is 0 Å². The smallest absolute Gasteiger partial charge is 0.0248 e. The molecular weight excluding hydrogens is 721 g/mol. The second kappa shape index (κ2) is 30.0. The molecule has 0 spiro atoms. The lowest BCUT2D eigenvalue weighted by molar-refractivity contribution is 0.0655. The molecule has 0 bridgehead atoms. The van der Waals surface area contributed by atoms with E-state index >= 15 is 0 Å². The molecule has 0 heterocycles. The molecule has 3 fully saturated rings. The van der Waals surface area contributed by atoms with Gasteiger partial charge in [0.25, 0.3) is 0 Å². The minimum absolute atomic E-state index is 0.441. The molecule has 3 rings (SSSR count). The van der Waals surface area contributed by atoms with Gasteiger partial charge in [0.1, 0.15) is 0 Å². The summed E-state index contributed by atoms with van der Waals surface area (Å²) in [6.45, 7) is 35.6. The summed E-state index contributed by atoms with van der Waals surface area (Å²) in [6, 6.07) is 4.65.